The molecule has 5 N–H and O–H groups in total. The number of nitrogens with zero attached hydrogens (tertiary/aromatic N) is 2. The van der Waals surface area contributed by atoms with Crippen molar-refractivity contribution in [1.82, 2.24) is 20.7 Å². The number of amides is 1. The molecule has 2 heterocycles. The Morgan fingerprint density at radius 3 is 2.62 bits per heavy atom. The van der Waals surface area contributed by atoms with Crippen LogP contribution in [0.3, 0.4) is 0 Å². The summed E-state index contributed by atoms with van der Waals surface area (Å²) in [7, 11) is 0. The van der Waals surface area contributed by atoms with E-state index in [1.54, 1.807) is 36.4 Å². The summed E-state index contributed by atoms with van der Waals surface area (Å²) in [6, 6.07) is 11.6. The number of carboxylic acids is 1. The zero-order valence-electron chi connectivity index (χ0n) is 20.3. The van der Waals surface area contributed by atoms with Gasteiger partial charge in [0.1, 0.15) is 5.82 Å². The maximum atomic E-state index is 14.9. The second kappa shape index (κ2) is 12.7. The van der Waals surface area contributed by atoms with Gasteiger partial charge in [0.05, 0.1) is 17.0 Å². The average Bonchev–Trinajstić information content (AvgIpc) is 2.92. The lowest BCUT2D eigenvalue weighted by molar-refractivity contribution is -0.138. The van der Waals surface area contributed by atoms with Crippen molar-refractivity contribution in [2.24, 2.45) is 4.99 Å². The molecule has 1 unspecified atom stereocenters. The van der Waals surface area contributed by atoms with Crippen LogP contribution in [0, 0.1) is 5.82 Å². The van der Waals surface area contributed by atoms with E-state index in [9.17, 15) is 23.6 Å². The van der Waals surface area contributed by atoms with Gasteiger partial charge in [-0.2, -0.15) is 0 Å². The van der Waals surface area contributed by atoms with Crippen molar-refractivity contribution in [1.29, 1.82) is 0 Å². The summed E-state index contributed by atoms with van der Waals surface area (Å²) in [6.45, 7) is 2.74. The monoisotopic (exact) mass is 530 g/mol. The van der Waals surface area contributed by atoms with Gasteiger partial charge in [0.25, 0.3) is 5.91 Å². The summed E-state index contributed by atoms with van der Waals surface area (Å²) in [4.78, 5) is 31.0. The Hall–Kier alpha value is -3.35. The molecule has 0 radical (unpaired) electrons. The molecule has 0 bridgehead atoms. The number of guanidine groups is 1. The van der Waals surface area contributed by atoms with Crippen molar-refractivity contribution >= 4 is 34.9 Å². The van der Waals surface area contributed by atoms with Crippen LogP contribution in [-0.2, 0) is 16.2 Å². The Morgan fingerprint density at radius 1 is 1.22 bits per heavy atom. The van der Waals surface area contributed by atoms with Gasteiger partial charge >= 0.3 is 5.97 Å². The number of halogens is 1. The first-order chi connectivity index (χ1) is 17.9. The standard InChI is InChI=1S/C25H31FN6O4S/c26-20-15-17(23(33)29-16-21(24(34)35)31-37(36)19-5-2-1-3-6-19)7-8-22(20)32-13-9-18(10-14-32)30-25-27-11-4-12-28-25/h1-3,5-8,15,18,21,31H,4,9-14,16H2,(H,29,33)(H,34,35)(H2,27,28,30)/t21-,37?/m0/s1. The van der Waals surface area contributed by atoms with Crippen molar-refractivity contribution < 1.29 is 23.6 Å². The number of rotatable bonds is 9. The molecule has 1 amide bonds. The number of anilines is 1. The van der Waals surface area contributed by atoms with Gasteiger partial charge < -0.3 is 30.5 Å². The van der Waals surface area contributed by atoms with Crippen LogP contribution in [0.5, 0.6) is 0 Å². The first kappa shape index (κ1) is 26.7. The van der Waals surface area contributed by atoms with Crippen LogP contribution in [0.25, 0.3) is 0 Å². The number of benzene rings is 2. The molecule has 10 nitrogen and oxygen atoms in total. The molecule has 4 rings (SSSR count). The number of hydrogen-bond donors (Lipinski definition) is 5. The Bertz CT molecular complexity index is 1110. The van der Waals surface area contributed by atoms with Gasteiger partial charge in [-0.3, -0.25) is 14.6 Å². The third-order valence-electron chi connectivity index (χ3n) is 6.26. The van der Waals surface area contributed by atoms with Crippen LogP contribution >= 0.6 is 0 Å². The second-order valence-corrected chi connectivity index (χ2v) is 10.1. The number of aliphatic carboxylic acids is 1. The van der Waals surface area contributed by atoms with Crippen molar-refractivity contribution in [3.8, 4) is 0 Å². The predicted octanol–water partition coefficient (Wildman–Crippen LogP) is 1.23. The minimum atomic E-state index is -1.77. The predicted molar refractivity (Wildman–Crippen MR) is 139 cm³/mol. The van der Waals surface area contributed by atoms with Crippen LogP contribution in [0.15, 0.2) is 58.4 Å². The number of carboxylic acid groups (broad SMARTS) is 1. The second-order valence-electron chi connectivity index (χ2n) is 8.88. The number of aliphatic imine (C=N–C) groups is 1. The first-order valence-corrected chi connectivity index (χ1v) is 13.4. The van der Waals surface area contributed by atoms with E-state index in [0.717, 1.165) is 44.4 Å². The molecule has 2 aromatic rings. The molecule has 12 heteroatoms. The lowest BCUT2D eigenvalue weighted by Crippen LogP contribution is -2.50. The molecule has 1 saturated heterocycles. The van der Waals surface area contributed by atoms with Gasteiger partial charge in [-0.1, -0.05) is 18.2 Å². The number of carbonyl (C=O) groups is 2. The third kappa shape index (κ3) is 7.34. The number of nitrogens with one attached hydrogen (secondary N) is 4. The Balaban J connectivity index is 1.29. The Morgan fingerprint density at radius 2 is 1.97 bits per heavy atom. The van der Waals surface area contributed by atoms with Gasteiger partial charge in [0.2, 0.25) is 0 Å². The van der Waals surface area contributed by atoms with E-state index in [1.807, 2.05) is 4.90 Å². The fourth-order valence-corrected chi connectivity index (χ4v) is 5.19. The van der Waals surface area contributed by atoms with Gasteiger partial charge in [0, 0.05) is 44.3 Å². The van der Waals surface area contributed by atoms with E-state index >= 15 is 0 Å². The van der Waals surface area contributed by atoms with Crippen LogP contribution in [0.1, 0.15) is 29.6 Å². The Labute approximate surface area is 218 Å². The minimum Gasteiger partial charge on any atom is -0.593 e. The van der Waals surface area contributed by atoms with E-state index in [4.69, 9.17) is 0 Å². The highest BCUT2D eigenvalue weighted by Crippen LogP contribution is 2.24. The number of hydrogen-bond acceptors (Lipinski definition) is 8. The lowest BCUT2D eigenvalue weighted by Gasteiger charge is -2.35. The molecule has 198 valence electrons. The van der Waals surface area contributed by atoms with E-state index in [2.05, 4.69) is 25.7 Å². The fourth-order valence-electron chi connectivity index (χ4n) is 4.21. The van der Waals surface area contributed by atoms with Gasteiger partial charge in [-0.05, 0) is 49.6 Å². The van der Waals surface area contributed by atoms with E-state index < -0.39 is 35.1 Å². The van der Waals surface area contributed by atoms with Crippen molar-refractivity contribution in [3.63, 3.8) is 0 Å². The number of carbonyl (C=O) groups excluding carboxylic acids is 1. The zero-order valence-corrected chi connectivity index (χ0v) is 21.1. The molecule has 2 aliphatic rings. The van der Waals surface area contributed by atoms with Crippen LogP contribution in [0.2, 0.25) is 0 Å². The van der Waals surface area contributed by atoms with Crippen LogP contribution in [0.4, 0.5) is 10.1 Å². The normalized spacial score (nSPS) is 17.8. The highest BCUT2D eigenvalue weighted by molar-refractivity contribution is 7.89. The molecule has 2 atom stereocenters. The van der Waals surface area contributed by atoms with Crippen LogP contribution < -0.4 is 25.6 Å². The summed E-state index contributed by atoms with van der Waals surface area (Å²) in [5.74, 6) is -1.57. The summed E-state index contributed by atoms with van der Waals surface area (Å²) < 4.78 is 29.8. The lowest BCUT2D eigenvalue weighted by atomic mass is 10.0. The van der Waals surface area contributed by atoms with Crippen LogP contribution in [-0.4, -0.2) is 72.3 Å². The molecule has 0 aliphatic carbocycles. The molecule has 0 aromatic heterocycles. The highest BCUT2D eigenvalue weighted by atomic mass is 32.2. The molecule has 1 fully saturated rings. The van der Waals surface area contributed by atoms with Crippen molar-refractivity contribution in [2.45, 2.75) is 36.2 Å². The van der Waals surface area contributed by atoms with Gasteiger partial charge in [-0.25, -0.2) is 4.39 Å². The fraction of sp³-hybridized carbons (Fsp3) is 0.400. The molecular weight excluding hydrogens is 499 g/mol. The quantitative estimate of drug-likeness (QED) is 0.305. The minimum absolute atomic E-state index is 0.0764. The number of piperidine rings is 1. The summed E-state index contributed by atoms with van der Waals surface area (Å²) >= 11 is -1.77. The van der Waals surface area contributed by atoms with Gasteiger partial charge in [-0.15, -0.1) is 4.72 Å². The maximum absolute atomic E-state index is 14.9. The molecule has 0 saturated carbocycles. The highest BCUT2D eigenvalue weighted by Gasteiger charge is 2.26. The van der Waals surface area contributed by atoms with Crippen molar-refractivity contribution in [2.75, 3.05) is 37.6 Å². The van der Waals surface area contributed by atoms with E-state index in [1.165, 1.54) is 6.07 Å². The maximum Gasteiger partial charge on any atom is 0.327 e. The summed E-state index contributed by atoms with van der Waals surface area (Å²) in [5, 5.41) is 18.6. The topological polar surface area (TPSA) is 141 Å². The smallest absolute Gasteiger partial charge is 0.327 e. The molecule has 0 spiro atoms. The van der Waals surface area contributed by atoms with Crippen molar-refractivity contribution in [3.05, 3.63) is 59.9 Å². The molecule has 2 aliphatic heterocycles. The first-order valence-electron chi connectivity index (χ1n) is 12.2. The molecular formula is C25H31FN6O4S. The average molecular weight is 531 g/mol. The SMILES string of the molecule is O=C(NC[C@H](N[S+]([O-])c1ccccc1)C(=O)O)c1ccc(N2CCC(NC3=NCCCN3)CC2)c(F)c1. The largest absolute Gasteiger partial charge is 0.593 e. The third-order valence-corrected chi connectivity index (χ3v) is 7.45. The Kier molecular flexibility index (Phi) is 9.20. The zero-order chi connectivity index (χ0) is 26.2. The molecule has 2 aromatic carbocycles. The summed E-state index contributed by atoms with van der Waals surface area (Å²) in [5.41, 5.74) is 0.499. The van der Waals surface area contributed by atoms with Gasteiger partial charge in [0.15, 0.2) is 16.9 Å². The molecule has 37 heavy (non-hydrogen) atoms. The summed E-state index contributed by atoms with van der Waals surface area (Å²) in [6.07, 6.45) is 2.69. The van der Waals surface area contributed by atoms with E-state index in [-0.39, 0.29) is 18.2 Å². The van der Waals surface area contributed by atoms with E-state index in [0.29, 0.717) is 23.7 Å².